The highest BCUT2D eigenvalue weighted by Crippen LogP contribution is 2.46. The Bertz CT molecular complexity index is 9900. The molecule has 4 nitrogen and oxygen atoms in total. The molecule has 0 radical (unpaired) electrons. The summed E-state index contributed by atoms with van der Waals surface area (Å²) >= 11 is 0. The Labute approximate surface area is 860 Å². The van der Waals surface area contributed by atoms with Crippen molar-refractivity contribution in [3.8, 4) is 179 Å². The van der Waals surface area contributed by atoms with Crippen LogP contribution in [0, 0.1) is 0 Å². The number of hydrogen-bond donors (Lipinski definition) is 0. The van der Waals surface area contributed by atoms with E-state index >= 15 is 0 Å². The molecule has 0 spiro atoms. The number of para-hydroxylation sites is 4. The average molecular weight is 1880 g/mol. The van der Waals surface area contributed by atoms with E-state index in [0.717, 1.165) is 22.7 Å². The highest BCUT2D eigenvalue weighted by atomic mass is 15.0. The van der Waals surface area contributed by atoms with E-state index in [4.69, 9.17) is 0 Å². The SMILES string of the molecule is c1ccc(-c2cccc(-c3cccc(-c4ccc(-c5ccc(-c6ccc(-n7c8ccccc8c8cc(-c9ccc%10c(c9)c9ccccc9n%10-c9cccc(-c%10ccccc%10)c9)ccc87)cc6)cc5)cc4)c3)c2)cc1.c1ccc(-c2cccc(-c3cccc(-c4ccc(-c5cccc(-c6ccc(-n7c8ccccc8c8cc(-c9ccc%10c(c9)c9ccccc9n%10-c9cccc(-c%10ccccc%10)c9)ccc87)cc6)c5)cc4)c3)c2)cc1. The molecule has 148 heavy (non-hydrogen) atoms. The van der Waals surface area contributed by atoms with Crippen LogP contribution in [0.15, 0.2) is 582 Å². The summed E-state index contributed by atoms with van der Waals surface area (Å²) in [4.78, 5) is 0. The number of aromatic nitrogens is 4. The van der Waals surface area contributed by atoms with Crippen molar-refractivity contribution in [3.63, 3.8) is 0 Å². The van der Waals surface area contributed by atoms with Gasteiger partial charge in [0, 0.05) is 65.8 Å². The molecule has 24 aromatic carbocycles. The molecule has 0 saturated carbocycles. The molecule has 4 heteroatoms. The quantitative estimate of drug-likeness (QED) is 0.0816. The molecular weight excluding hydrogens is 1790 g/mol. The predicted molar refractivity (Wildman–Crippen MR) is 626 cm³/mol. The molecule has 692 valence electrons. The van der Waals surface area contributed by atoms with E-state index in [1.807, 2.05) is 0 Å². The fraction of sp³-hybridized carbons (Fsp3) is 0. The van der Waals surface area contributed by atoms with Gasteiger partial charge in [-0.25, -0.2) is 0 Å². The second-order valence-corrected chi connectivity index (χ2v) is 38.6. The maximum absolute atomic E-state index is 2.41. The topological polar surface area (TPSA) is 19.7 Å². The van der Waals surface area contributed by atoms with Gasteiger partial charge in [0.1, 0.15) is 0 Å². The fourth-order valence-corrected chi connectivity index (χ4v) is 22.5. The van der Waals surface area contributed by atoms with Crippen molar-refractivity contribution in [2.75, 3.05) is 0 Å². The molecule has 0 unspecified atom stereocenters. The Morgan fingerprint density at radius 2 is 0.216 bits per heavy atom. The standard InChI is InChI=1S/2C72H48N2/c1-3-15-49(16-4-1)54-19-12-23-58(44-54)59-24-13-22-57(45-59)52-33-31-51(32-34-52)55-20-11-21-56(43-55)53-35-39-63(40-36-53)73-69-29-9-7-27-65(69)67-47-61(37-41-71(67)73)62-38-42-72-68(48-62)66-28-8-10-30-70(66)74(72)64-26-14-25-60(46-64)50-17-5-2-6-18-50;1-3-14-49(15-4-1)56-18-11-20-58(44-56)59-21-12-19-57(45-59)55-34-32-52(33-35-55)51-28-30-53(31-29-51)54-36-40-63(41-37-54)73-69-26-9-7-24-65(69)67-47-61(38-42-71(67)73)62-39-43-72-68(48-62)66-25-8-10-27-70(66)74(72)64-23-13-22-60(46-64)50-16-5-2-6-17-50/h2*1-48H. The maximum atomic E-state index is 2.41. The fourth-order valence-electron chi connectivity index (χ4n) is 22.5. The first-order valence-electron chi connectivity index (χ1n) is 50.9. The molecule has 0 fully saturated rings. The Morgan fingerprint density at radius 3 is 0.446 bits per heavy atom. The van der Waals surface area contributed by atoms with Crippen molar-refractivity contribution >= 4 is 87.2 Å². The lowest BCUT2D eigenvalue weighted by Crippen LogP contribution is -1.94. The molecule has 0 amide bonds. The lowest BCUT2D eigenvalue weighted by atomic mass is 9.95. The Kier molecular flexibility index (Phi) is 22.3. The van der Waals surface area contributed by atoms with E-state index in [1.54, 1.807) is 0 Å². The zero-order valence-corrected chi connectivity index (χ0v) is 81.2. The number of rotatable bonds is 18. The molecule has 4 heterocycles. The zero-order chi connectivity index (χ0) is 97.9. The first-order chi connectivity index (χ1) is 73.3. The minimum Gasteiger partial charge on any atom is -0.309 e. The first-order valence-corrected chi connectivity index (χ1v) is 50.9. The van der Waals surface area contributed by atoms with E-state index < -0.39 is 0 Å². The molecule has 28 aromatic rings. The third-order valence-corrected chi connectivity index (χ3v) is 29.9. The van der Waals surface area contributed by atoms with Gasteiger partial charge in [-0.1, -0.05) is 431 Å². The minimum absolute atomic E-state index is 1.14. The van der Waals surface area contributed by atoms with Crippen molar-refractivity contribution in [3.05, 3.63) is 582 Å². The lowest BCUT2D eigenvalue weighted by Gasteiger charge is -2.11. The lowest BCUT2D eigenvalue weighted by molar-refractivity contribution is 1.18. The number of nitrogens with zero attached hydrogens (tertiary/aromatic N) is 4. The third kappa shape index (κ3) is 16.4. The predicted octanol–water partition coefficient (Wildman–Crippen LogP) is 39.1. The summed E-state index contributed by atoms with van der Waals surface area (Å²) in [7, 11) is 0. The Morgan fingerprint density at radius 1 is 0.0743 bits per heavy atom. The second-order valence-electron chi connectivity index (χ2n) is 38.6. The summed E-state index contributed by atoms with van der Waals surface area (Å²) in [6, 6.07) is 213. The Balaban J connectivity index is 0.000000146. The van der Waals surface area contributed by atoms with Crippen LogP contribution in [0.3, 0.4) is 0 Å². The van der Waals surface area contributed by atoms with Gasteiger partial charge >= 0.3 is 0 Å². The number of benzene rings is 24. The monoisotopic (exact) mass is 1880 g/mol. The van der Waals surface area contributed by atoms with Crippen LogP contribution < -0.4 is 0 Å². The van der Waals surface area contributed by atoms with Crippen LogP contribution in [-0.2, 0) is 0 Å². The molecule has 0 bridgehead atoms. The van der Waals surface area contributed by atoms with Gasteiger partial charge in [0.25, 0.3) is 0 Å². The number of fused-ring (bicyclic) bond motifs is 12. The molecule has 0 aliphatic heterocycles. The van der Waals surface area contributed by atoms with Gasteiger partial charge in [0.05, 0.1) is 44.1 Å². The van der Waals surface area contributed by atoms with Crippen LogP contribution in [0.25, 0.3) is 266 Å². The second kappa shape index (κ2) is 37.7. The molecule has 0 atom stereocenters. The van der Waals surface area contributed by atoms with Gasteiger partial charge in [0.15, 0.2) is 0 Å². The van der Waals surface area contributed by atoms with Crippen molar-refractivity contribution in [2.24, 2.45) is 0 Å². The van der Waals surface area contributed by atoms with Gasteiger partial charge in [-0.2, -0.15) is 0 Å². The Hall–Kier alpha value is -19.5. The van der Waals surface area contributed by atoms with Crippen molar-refractivity contribution < 1.29 is 0 Å². The molecule has 0 saturated heterocycles. The van der Waals surface area contributed by atoms with Crippen LogP contribution >= 0.6 is 0 Å². The highest BCUT2D eigenvalue weighted by Gasteiger charge is 2.23. The normalized spacial score (nSPS) is 11.5. The van der Waals surface area contributed by atoms with Gasteiger partial charge in [-0.3, -0.25) is 0 Å². The summed E-state index contributed by atoms with van der Waals surface area (Å²) < 4.78 is 9.64. The molecule has 4 aromatic heterocycles. The summed E-state index contributed by atoms with van der Waals surface area (Å²) in [5.74, 6) is 0. The van der Waals surface area contributed by atoms with E-state index in [2.05, 4.69) is 601 Å². The van der Waals surface area contributed by atoms with Crippen LogP contribution in [0.5, 0.6) is 0 Å². The van der Waals surface area contributed by atoms with Gasteiger partial charge in [0.2, 0.25) is 0 Å². The van der Waals surface area contributed by atoms with Gasteiger partial charge < -0.3 is 18.3 Å². The molecule has 0 aliphatic carbocycles. The van der Waals surface area contributed by atoms with Gasteiger partial charge in [-0.15, -0.1) is 0 Å². The molecule has 0 N–H and O–H groups in total. The smallest absolute Gasteiger partial charge is 0.0541 e. The van der Waals surface area contributed by atoms with Crippen molar-refractivity contribution in [1.82, 2.24) is 18.3 Å². The van der Waals surface area contributed by atoms with E-state index in [1.165, 1.54) is 243 Å². The van der Waals surface area contributed by atoms with Crippen LogP contribution in [-0.4, -0.2) is 18.3 Å². The molecule has 0 aliphatic rings. The van der Waals surface area contributed by atoms with E-state index in [-0.39, 0.29) is 0 Å². The highest BCUT2D eigenvalue weighted by molar-refractivity contribution is 6.15. The van der Waals surface area contributed by atoms with Crippen LogP contribution in [0.1, 0.15) is 0 Å². The summed E-state index contributed by atoms with van der Waals surface area (Å²) in [5.41, 5.74) is 47.9. The largest absolute Gasteiger partial charge is 0.309 e. The minimum atomic E-state index is 1.14. The van der Waals surface area contributed by atoms with Gasteiger partial charge in [-0.05, 0) is 307 Å². The zero-order valence-electron chi connectivity index (χ0n) is 81.2. The van der Waals surface area contributed by atoms with Crippen molar-refractivity contribution in [1.29, 1.82) is 0 Å². The third-order valence-electron chi connectivity index (χ3n) is 29.9. The summed E-state index contributed by atoms with van der Waals surface area (Å²) in [6.07, 6.45) is 0. The first kappa shape index (κ1) is 87.5. The van der Waals surface area contributed by atoms with Crippen LogP contribution in [0.4, 0.5) is 0 Å². The summed E-state index contributed by atoms with van der Waals surface area (Å²) in [5, 5.41) is 9.94. The molecule has 28 rings (SSSR count). The number of hydrogen-bond acceptors (Lipinski definition) is 0. The maximum Gasteiger partial charge on any atom is 0.0541 e. The summed E-state index contributed by atoms with van der Waals surface area (Å²) in [6.45, 7) is 0. The molecular formula is C144H96N4. The average Bonchev–Trinajstić information content (AvgIpc) is 1.58. The van der Waals surface area contributed by atoms with E-state index in [9.17, 15) is 0 Å². The van der Waals surface area contributed by atoms with Crippen LogP contribution in [0.2, 0.25) is 0 Å². The van der Waals surface area contributed by atoms with Crippen molar-refractivity contribution in [2.45, 2.75) is 0 Å². The van der Waals surface area contributed by atoms with E-state index in [0.29, 0.717) is 0 Å².